The standard InChI is InChI=1S/C12H12N2O4/c1-9(16)13-6-2-3-10-4-5-12(14(17)18)11(7-10)8-15/h4-5,7,15H,6,8H2,1H3,(H,13,16). The van der Waals surface area contributed by atoms with Crippen LogP contribution in [-0.4, -0.2) is 22.5 Å². The van der Waals surface area contributed by atoms with Gasteiger partial charge in [-0.2, -0.15) is 0 Å². The Morgan fingerprint density at radius 1 is 1.56 bits per heavy atom. The van der Waals surface area contributed by atoms with Gasteiger partial charge in [0.15, 0.2) is 0 Å². The van der Waals surface area contributed by atoms with Crippen LogP contribution in [0.3, 0.4) is 0 Å². The van der Waals surface area contributed by atoms with E-state index in [9.17, 15) is 14.9 Å². The van der Waals surface area contributed by atoms with E-state index < -0.39 is 11.5 Å². The van der Waals surface area contributed by atoms with Gasteiger partial charge in [-0.15, -0.1) is 0 Å². The zero-order valence-electron chi connectivity index (χ0n) is 9.77. The Kier molecular flexibility index (Phi) is 4.84. The molecule has 2 N–H and O–H groups in total. The maximum absolute atomic E-state index is 10.6. The van der Waals surface area contributed by atoms with Gasteiger partial charge in [0.2, 0.25) is 5.91 Å². The predicted octanol–water partition coefficient (Wildman–Crippen LogP) is 0.575. The molecule has 1 aromatic rings. The first-order valence-corrected chi connectivity index (χ1v) is 5.16. The van der Waals surface area contributed by atoms with Crippen molar-refractivity contribution in [2.24, 2.45) is 0 Å². The minimum Gasteiger partial charge on any atom is -0.391 e. The van der Waals surface area contributed by atoms with Crippen LogP contribution in [0.2, 0.25) is 0 Å². The molecule has 0 bridgehead atoms. The number of aliphatic hydroxyl groups is 1. The van der Waals surface area contributed by atoms with Crippen LogP contribution in [0.25, 0.3) is 0 Å². The predicted molar refractivity (Wildman–Crippen MR) is 64.6 cm³/mol. The van der Waals surface area contributed by atoms with Crippen molar-refractivity contribution in [1.82, 2.24) is 5.32 Å². The third-order valence-corrected chi connectivity index (χ3v) is 2.10. The molecule has 1 amide bonds. The number of nitrogens with zero attached hydrogens (tertiary/aromatic N) is 1. The highest BCUT2D eigenvalue weighted by Crippen LogP contribution is 2.19. The number of amides is 1. The first-order valence-electron chi connectivity index (χ1n) is 5.16. The van der Waals surface area contributed by atoms with E-state index in [1.165, 1.54) is 25.1 Å². The number of nitrogens with one attached hydrogen (secondary N) is 1. The number of aliphatic hydroxyl groups excluding tert-OH is 1. The number of hydrogen-bond donors (Lipinski definition) is 2. The number of carbonyl (C=O) groups excluding carboxylic acids is 1. The van der Waals surface area contributed by atoms with E-state index >= 15 is 0 Å². The maximum atomic E-state index is 10.6. The van der Waals surface area contributed by atoms with Crippen LogP contribution in [0.1, 0.15) is 18.1 Å². The van der Waals surface area contributed by atoms with Crippen molar-refractivity contribution in [2.75, 3.05) is 6.54 Å². The zero-order chi connectivity index (χ0) is 13.5. The molecule has 94 valence electrons. The van der Waals surface area contributed by atoms with Crippen LogP contribution in [0.5, 0.6) is 0 Å². The number of nitro benzene ring substituents is 1. The Hall–Kier alpha value is -2.39. The van der Waals surface area contributed by atoms with Crippen molar-refractivity contribution in [3.05, 3.63) is 39.4 Å². The second kappa shape index (κ2) is 6.37. The topological polar surface area (TPSA) is 92.5 Å². The van der Waals surface area contributed by atoms with Crippen LogP contribution in [0, 0.1) is 22.0 Å². The highest BCUT2D eigenvalue weighted by Gasteiger charge is 2.12. The van der Waals surface area contributed by atoms with Crippen LogP contribution >= 0.6 is 0 Å². The summed E-state index contributed by atoms with van der Waals surface area (Å²) in [5, 5.41) is 22.2. The summed E-state index contributed by atoms with van der Waals surface area (Å²) in [6.07, 6.45) is 0. The Bertz CT molecular complexity index is 529. The number of carbonyl (C=O) groups is 1. The quantitative estimate of drug-likeness (QED) is 0.464. The SMILES string of the molecule is CC(=O)NCC#Cc1ccc([N+](=O)[O-])c(CO)c1. The second-order valence-electron chi connectivity index (χ2n) is 3.47. The van der Waals surface area contributed by atoms with Crippen LogP contribution in [-0.2, 0) is 11.4 Å². The Labute approximate surface area is 104 Å². The van der Waals surface area contributed by atoms with E-state index in [1.54, 1.807) is 0 Å². The van der Waals surface area contributed by atoms with Gasteiger partial charge in [0.1, 0.15) is 0 Å². The molecule has 0 heterocycles. The van der Waals surface area contributed by atoms with Crippen LogP contribution < -0.4 is 5.32 Å². The lowest BCUT2D eigenvalue weighted by molar-refractivity contribution is -0.385. The summed E-state index contributed by atoms with van der Waals surface area (Å²) in [5.41, 5.74) is 0.631. The van der Waals surface area contributed by atoms with Crippen molar-refractivity contribution in [1.29, 1.82) is 0 Å². The van der Waals surface area contributed by atoms with Gasteiger partial charge < -0.3 is 10.4 Å². The summed E-state index contributed by atoms with van der Waals surface area (Å²) in [7, 11) is 0. The van der Waals surface area contributed by atoms with E-state index in [2.05, 4.69) is 17.2 Å². The zero-order valence-corrected chi connectivity index (χ0v) is 9.77. The van der Waals surface area contributed by atoms with E-state index in [4.69, 9.17) is 5.11 Å². The molecule has 1 aromatic carbocycles. The highest BCUT2D eigenvalue weighted by atomic mass is 16.6. The van der Waals surface area contributed by atoms with E-state index in [0.717, 1.165) is 0 Å². The molecule has 6 heteroatoms. The summed E-state index contributed by atoms with van der Waals surface area (Å²) in [6.45, 7) is 1.18. The summed E-state index contributed by atoms with van der Waals surface area (Å²) in [4.78, 5) is 20.7. The lowest BCUT2D eigenvalue weighted by Crippen LogP contribution is -2.19. The molecule has 0 aliphatic carbocycles. The average Bonchev–Trinajstić information content (AvgIpc) is 2.33. The molecular weight excluding hydrogens is 236 g/mol. The maximum Gasteiger partial charge on any atom is 0.274 e. The molecule has 1 rings (SSSR count). The molecule has 18 heavy (non-hydrogen) atoms. The first-order chi connectivity index (χ1) is 8.54. The molecule has 0 saturated heterocycles. The number of nitro groups is 1. The normalized spacial score (nSPS) is 9.22. The van der Waals surface area contributed by atoms with Gasteiger partial charge >= 0.3 is 0 Å². The molecule has 0 aromatic heterocycles. The number of rotatable bonds is 3. The van der Waals surface area contributed by atoms with Gasteiger partial charge in [0, 0.05) is 18.6 Å². The number of benzene rings is 1. The monoisotopic (exact) mass is 248 g/mol. The molecule has 0 radical (unpaired) electrons. The minimum absolute atomic E-state index is 0.134. The smallest absolute Gasteiger partial charge is 0.274 e. The number of hydrogen-bond acceptors (Lipinski definition) is 4. The molecule has 0 aliphatic heterocycles. The summed E-state index contributed by atoms with van der Waals surface area (Å²) >= 11 is 0. The average molecular weight is 248 g/mol. The lowest BCUT2D eigenvalue weighted by atomic mass is 10.1. The van der Waals surface area contributed by atoms with Crippen LogP contribution in [0.4, 0.5) is 5.69 Å². The molecule has 0 fully saturated rings. The molecule has 0 saturated carbocycles. The van der Waals surface area contributed by atoms with Crippen molar-refractivity contribution < 1.29 is 14.8 Å². The highest BCUT2D eigenvalue weighted by molar-refractivity contribution is 5.73. The van der Waals surface area contributed by atoms with Crippen molar-refractivity contribution >= 4 is 11.6 Å². The van der Waals surface area contributed by atoms with Crippen molar-refractivity contribution in [3.63, 3.8) is 0 Å². The van der Waals surface area contributed by atoms with Crippen molar-refractivity contribution in [3.8, 4) is 11.8 Å². The Balaban J connectivity index is 2.85. The van der Waals surface area contributed by atoms with Gasteiger partial charge in [0.05, 0.1) is 23.6 Å². The van der Waals surface area contributed by atoms with Gasteiger partial charge in [-0.25, -0.2) is 0 Å². The largest absolute Gasteiger partial charge is 0.391 e. The van der Waals surface area contributed by atoms with Crippen LogP contribution in [0.15, 0.2) is 18.2 Å². The van der Waals surface area contributed by atoms with E-state index in [1.807, 2.05) is 0 Å². The van der Waals surface area contributed by atoms with Gasteiger partial charge in [-0.1, -0.05) is 11.8 Å². The summed E-state index contributed by atoms with van der Waals surface area (Å²) in [5.74, 6) is 5.27. The molecule has 0 aliphatic rings. The summed E-state index contributed by atoms with van der Waals surface area (Å²) < 4.78 is 0. The molecular formula is C12H12N2O4. The summed E-state index contributed by atoms with van der Waals surface area (Å²) in [6, 6.07) is 4.25. The van der Waals surface area contributed by atoms with Crippen molar-refractivity contribution in [2.45, 2.75) is 13.5 Å². The fraction of sp³-hybridized carbons (Fsp3) is 0.250. The van der Waals surface area contributed by atoms with Gasteiger partial charge in [0.25, 0.3) is 5.69 Å². The Morgan fingerprint density at radius 3 is 2.83 bits per heavy atom. The molecule has 6 nitrogen and oxygen atoms in total. The first kappa shape index (κ1) is 13.7. The second-order valence-corrected chi connectivity index (χ2v) is 3.47. The third-order valence-electron chi connectivity index (χ3n) is 2.10. The van der Waals surface area contributed by atoms with Gasteiger partial charge in [-0.05, 0) is 12.1 Å². The Morgan fingerprint density at radius 2 is 2.28 bits per heavy atom. The fourth-order valence-corrected chi connectivity index (χ4v) is 1.28. The molecule has 0 unspecified atom stereocenters. The van der Waals surface area contributed by atoms with E-state index in [0.29, 0.717) is 5.56 Å². The third kappa shape index (κ3) is 3.88. The minimum atomic E-state index is -0.555. The van der Waals surface area contributed by atoms with Gasteiger partial charge in [-0.3, -0.25) is 14.9 Å². The molecule has 0 spiro atoms. The lowest BCUT2D eigenvalue weighted by Gasteiger charge is -1.99. The fourth-order valence-electron chi connectivity index (χ4n) is 1.28. The molecule has 0 atom stereocenters. The van der Waals surface area contributed by atoms with E-state index in [-0.39, 0.29) is 23.7 Å².